The average Bonchev–Trinajstić information content (AvgIpc) is 2.53. The fourth-order valence-corrected chi connectivity index (χ4v) is 1.86. The van der Waals surface area contributed by atoms with Gasteiger partial charge in [0.1, 0.15) is 12.5 Å². The third kappa shape index (κ3) is 6.37. The van der Waals surface area contributed by atoms with Gasteiger partial charge in [0.05, 0.1) is 6.42 Å². The zero-order valence-corrected chi connectivity index (χ0v) is 13.4. The second kappa shape index (κ2) is 10.1. The zero-order chi connectivity index (χ0) is 16.4. The molecule has 122 valence electrons. The standard InChI is InChI=1S/C17H24O5/c1-4-20-16(21-5-2)11-15(18)13(3)17(19)22-12-14-9-7-6-8-10-14/h6-10,13,16H,4-5,11-12H2,1-3H3. The molecule has 5 nitrogen and oxygen atoms in total. The van der Waals surface area contributed by atoms with Crippen molar-refractivity contribution >= 4 is 11.8 Å². The summed E-state index contributed by atoms with van der Waals surface area (Å²) in [6, 6.07) is 9.35. The molecule has 0 aliphatic carbocycles. The van der Waals surface area contributed by atoms with Crippen LogP contribution in [-0.4, -0.2) is 31.3 Å². The Morgan fingerprint density at radius 1 is 1.05 bits per heavy atom. The van der Waals surface area contributed by atoms with Gasteiger partial charge < -0.3 is 14.2 Å². The van der Waals surface area contributed by atoms with Crippen LogP contribution in [0.25, 0.3) is 0 Å². The minimum atomic E-state index is -0.827. The number of Topliss-reactive ketones (excluding diaryl/α,β-unsaturated/α-hetero) is 1. The number of esters is 1. The second-order valence-corrected chi connectivity index (χ2v) is 4.83. The minimum Gasteiger partial charge on any atom is -0.460 e. The Balaban J connectivity index is 2.45. The molecule has 5 heteroatoms. The molecule has 0 radical (unpaired) electrons. The molecular weight excluding hydrogens is 284 g/mol. The maximum Gasteiger partial charge on any atom is 0.316 e. The van der Waals surface area contributed by atoms with Crippen molar-refractivity contribution in [1.82, 2.24) is 0 Å². The van der Waals surface area contributed by atoms with Gasteiger partial charge in [-0.1, -0.05) is 30.3 Å². The molecular formula is C17H24O5. The first-order valence-corrected chi connectivity index (χ1v) is 7.54. The maximum absolute atomic E-state index is 12.1. The molecule has 0 N–H and O–H groups in total. The summed E-state index contributed by atoms with van der Waals surface area (Å²) in [6.07, 6.45) is -0.560. The first-order chi connectivity index (χ1) is 10.6. The summed E-state index contributed by atoms with van der Waals surface area (Å²) in [4.78, 5) is 24.0. The highest BCUT2D eigenvalue weighted by Gasteiger charge is 2.26. The van der Waals surface area contributed by atoms with E-state index in [9.17, 15) is 9.59 Å². The third-order valence-electron chi connectivity index (χ3n) is 3.13. The maximum atomic E-state index is 12.1. The molecule has 22 heavy (non-hydrogen) atoms. The van der Waals surface area contributed by atoms with Gasteiger partial charge in [-0.15, -0.1) is 0 Å². The van der Waals surface area contributed by atoms with E-state index in [0.717, 1.165) is 5.56 Å². The molecule has 0 bridgehead atoms. The van der Waals surface area contributed by atoms with Crippen LogP contribution in [0.4, 0.5) is 0 Å². The van der Waals surface area contributed by atoms with Crippen LogP contribution >= 0.6 is 0 Å². The molecule has 0 saturated carbocycles. The van der Waals surface area contributed by atoms with Gasteiger partial charge in [0.25, 0.3) is 0 Å². The lowest BCUT2D eigenvalue weighted by molar-refractivity contribution is -0.161. The molecule has 0 aromatic heterocycles. The second-order valence-electron chi connectivity index (χ2n) is 4.83. The first kappa shape index (κ1) is 18.3. The van der Waals surface area contributed by atoms with E-state index in [1.807, 2.05) is 44.2 Å². The summed E-state index contributed by atoms with van der Waals surface area (Å²) >= 11 is 0. The number of ketones is 1. The lowest BCUT2D eigenvalue weighted by atomic mass is 10.0. The molecule has 0 aliphatic heterocycles. The molecule has 0 spiro atoms. The Morgan fingerprint density at radius 3 is 2.18 bits per heavy atom. The predicted molar refractivity (Wildman–Crippen MR) is 82.1 cm³/mol. The van der Waals surface area contributed by atoms with Crippen LogP contribution in [0.3, 0.4) is 0 Å². The van der Waals surface area contributed by atoms with E-state index in [4.69, 9.17) is 14.2 Å². The Labute approximate surface area is 131 Å². The number of benzene rings is 1. The monoisotopic (exact) mass is 308 g/mol. The predicted octanol–water partition coefficient (Wildman–Crippen LogP) is 2.72. The Kier molecular flexibility index (Phi) is 8.40. The number of hydrogen-bond donors (Lipinski definition) is 0. The molecule has 1 rings (SSSR count). The summed E-state index contributed by atoms with van der Waals surface area (Å²) in [5, 5.41) is 0. The van der Waals surface area contributed by atoms with Gasteiger partial charge in [-0.2, -0.15) is 0 Å². The van der Waals surface area contributed by atoms with Crippen molar-refractivity contribution < 1.29 is 23.8 Å². The van der Waals surface area contributed by atoms with Crippen molar-refractivity contribution in [3.05, 3.63) is 35.9 Å². The van der Waals surface area contributed by atoms with Crippen LogP contribution in [0.15, 0.2) is 30.3 Å². The van der Waals surface area contributed by atoms with Gasteiger partial charge in [-0.3, -0.25) is 9.59 Å². The normalized spacial score (nSPS) is 12.2. The highest BCUT2D eigenvalue weighted by molar-refractivity contribution is 5.98. The molecule has 1 atom stereocenters. The van der Waals surface area contributed by atoms with Gasteiger partial charge in [-0.25, -0.2) is 0 Å². The van der Waals surface area contributed by atoms with Crippen LogP contribution in [0.1, 0.15) is 32.8 Å². The van der Waals surface area contributed by atoms with Crippen molar-refractivity contribution in [3.8, 4) is 0 Å². The van der Waals surface area contributed by atoms with Gasteiger partial charge in [0, 0.05) is 13.2 Å². The lowest BCUT2D eigenvalue weighted by Crippen LogP contribution is -2.29. The molecule has 0 heterocycles. The molecule has 0 saturated heterocycles. The number of hydrogen-bond acceptors (Lipinski definition) is 5. The van der Waals surface area contributed by atoms with Crippen molar-refractivity contribution in [3.63, 3.8) is 0 Å². The fourth-order valence-electron chi connectivity index (χ4n) is 1.86. The molecule has 1 aromatic carbocycles. The van der Waals surface area contributed by atoms with Gasteiger partial charge in [0.15, 0.2) is 12.1 Å². The lowest BCUT2D eigenvalue weighted by Gasteiger charge is -2.18. The van der Waals surface area contributed by atoms with E-state index in [1.54, 1.807) is 6.92 Å². The van der Waals surface area contributed by atoms with E-state index in [-0.39, 0.29) is 18.8 Å². The van der Waals surface area contributed by atoms with E-state index in [2.05, 4.69) is 0 Å². The summed E-state index contributed by atoms with van der Waals surface area (Å²) < 4.78 is 15.8. The third-order valence-corrected chi connectivity index (χ3v) is 3.13. The highest BCUT2D eigenvalue weighted by atomic mass is 16.7. The van der Waals surface area contributed by atoms with Crippen molar-refractivity contribution in [2.24, 2.45) is 5.92 Å². The Hall–Kier alpha value is -1.72. The van der Waals surface area contributed by atoms with Crippen LogP contribution in [0.2, 0.25) is 0 Å². The highest BCUT2D eigenvalue weighted by Crippen LogP contribution is 2.11. The Morgan fingerprint density at radius 2 is 1.64 bits per heavy atom. The van der Waals surface area contributed by atoms with Crippen LogP contribution < -0.4 is 0 Å². The number of carbonyl (C=O) groups excluding carboxylic acids is 2. The number of rotatable bonds is 10. The molecule has 0 aliphatic rings. The average molecular weight is 308 g/mol. The van der Waals surface area contributed by atoms with Crippen LogP contribution in [0.5, 0.6) is 0 Å². The summed E-state index contributed by atoms with van der Waals surface area (Å²) in [6.45, 7) is 6.26. The fraction of sp³-hybridized carbons (Fsp3) is 0.529. The summed E-state index contributed by atoms with van der Waals surface area (Å²) in [5.41, 5.74) is 0.886. The first-order valence-electron chi connectivity index (χ1n) is 7.54. The molecule has 1 aromatic rings. The molecule has 0 amide bonds. The van der Waals surface area contributed by atoms with Crippen LogP contribution in [0, 0.1) is 5.92 Å². The largest absolute Gasteiger partial charge is 0.460 e. The van der Waals surface area contributed by atoms with Crippen molar-refractivity contribution in [2.75, 3.05) is 13.2 Å². The zero-order valence-electron chi connectivity index (χ0n) is 13.4. The van der Waals surface area contributed by atoms with Gasteiger partial charge in [-0.05, 0) is 26.3 Å². The van der Waals surface area contributed by atoms with Crippen molar-refractivity contribution in [2.45, 2.75) is 40.1 Å². The van der Waals surface area contributed by atoms with Gasteiger partial charge in [0.2, 0.25) is 0 Å². The van der Waals surface area contributed by atoms with E-state index in [0.29, 0.717) is 13.2 Å². The smallest absolute Gasteiger partial charge is 0.316 e. The number of ether oxygens (including phenoxy) is 3. The summed E-state index contributed by atoms with van der Waals surface area (Å²) in [5.74, 6) is -1.60. The van der Waals surface area contributed by atoms with E-state index in [1.165, 1.54) is 0 Å². The van der Waals surface area contributed by atoms with E-state index >= 15 is 0 Å². The van der Waals surface area contributed by atoms with Gasteiger partial charge >= 0.3 is 5.97 Å². The van der Waals surface area contributed by atoms with Crippen molar-refractivity contribution in [1.29, 1.82) is 0 Å². The quantitative estimate of drug-likeness (QED) is 0.378. The SMILES string of the molecule is CCOC(CC(=O)C(C)C(=O)OCc1ccccc1)OCC. The molecule has 1 unspecified atom stereocenters. The molecule has 0 fully saturated rings. The minimum absolute atomic E-state index is 0.0449. The Bertz CT molecular complexity index is 451. The number of carbonyl (C=O) groups is 2. The van der Waals surface area contributed by atoms with E-state index < -0.39 is 18.2 Å². The van der Waals surface area contributed by atoms with Crippen LogP contribution in [-0.2, 0) is 30.4 Å². The summed E-state index contributed by atoms with van der Waals surface area (Å²) in [7, 11) is 0. The topological polar surface area (TPSA) is 61.8 Å².